The van der Waals surface area contributed by atoms with Crippen molar-refractivity contribution in [2.24, 2.45) is 0 Å². The summed E-state index contributed by atoms with van der Waals surface area (Å²) in [6.45, 7) is 6.99. The van der Waals surface area contributed by atoms with E-state index in [1.807, 2.05) is 0 Å². The molecule has 1 heterocycles. The molecule has 2 heteroatoms. The van der Waals surface area contributed by atoms with Gasteiger partial charge in [0.15, 0.2) is 0 Å². The second-order valence-corrected chi connectivity index (χ2v) is 9.19. The van der Waals surface area contributed by atoms with Crippen LogP contribution in [0.4, 0.5) is 0 Å². The topological polar surface area (TPSA) is 6.48 Å². The quantitative estimate of drug-likeness (QED) is 0.224. The minimum atomic E-state index is 0.507. The third kappa shape index (κ3) is 10.0. The Kier molecular flexibility index (Phi) is 13.5. The van der Waals surface area contributed by atoms with Crippen molar-refractivity contribution < 1.29 is 0 Å². The van der Waals surface area contributed by atoms with Crippen molar-refractivity contribution in [2.45, 2.75) is 116 Å². The maximum atomic E-state index is 2.61. The van der Waals surface area contributed by atoms with Gasteiger partial charge < -0.3 is 9.80 Å². The van der Waals surface area contributed by atoms with Gasteiger partial charge in [-0.05, 0) is 18.4 Å². The van der Waals surface area contributed by atoms with Crippen LogP contribution in [0.3, 0.4) is 0 Å². The third-order valence-corrected chi connectivity index (χ3v) is 6.52. The molecule has 0 amide bonds. The average molecular weight is 413 g/mol. The highest BCUT2D eigenvalue weighted by Gasteiger charge is 2.25. The molecule has 1 aromatic rings. The molecule has 0 N–H and O–H groups in total. The lowest BCUT2D eigenvalue weighted by molar-refractivity contribution is 0.148. The van der Waals surface area contributed by atoms with Crippen LogP contribution in [0.1, 0.15) is 109 Å². The minimum Gasteiger partial charge on any atom is -0.356 e. The van der Waals surface area contributed by atoms with Crippen LogP contribution >= 0.6 is 0 Å². The first-order chi connectivity index (χ1) is 14.8. The molecular weight excluding hydrogens is 364 g/mol. The summed E-state index contributed by atoms with van der Waals surface area (Å²) in [5.41, 5.74) is 1.46. The molecule has 0 aromatic heterocycles. The first-order valence-electron chi connectivity index (χ1n) is 13.1. The van der Waals surface area contributed by atoms with Crippen molar-refractivity contribution in [3.8, 4) is 0 Å². The van der Waals surface area contributed by atoms with E-state index in [0.717, 1.165) is 6.42 Å². The van der Waals surface area contributed by atoms with Gasteiger partial charge in [-0.2, -0.15) is 0 Å². The molecule has 1 aromatic carbocycles. The fourth-order valence-corrected chi connectivity index (χ4v) is 4.57. The van der Waals surface area contributed by atoms with Gasteiger partial charge in [-0.15, -0.1) is 0 Å². The van der Waals surface area contributed by atoms with E-state index >= 15 is 0 Å². The maximum absolute atomic E-state index is 2.61. The van der Waals surface area contributed by atoms with E-state index in [1.165, 1.54) is 109 Å². The minimum absolute atomic E-state index is 0.507. The van der Waals surface area contributed by atoms with Crippen molar-refractivity contribution in [3.05, 3.63) is 48.3 Å². The largest absolute Gasteiger partial charge is 0.356 e. The Hall–Kier alpha value is -1.44. The summed E-state index contributed by atoms with van der Waals surface area (Å²) in [4.78, 5) is 5.20. The summed E-state index contributed by atoms with van der Waals surface area (Å²) < 4.78 is 0. The van der Waals surface area contributed by atoms with E-state index in [2.05, 4.69) is 66.4 Å². The molecule has 2 nitrogen and oxygen atoms in total. The first-order valence-corrected chi connectivity index (χ1v) is 13.1. The fraction of sp³-hybridized carbons (Fsp3) is 0.714. The summed E-state index contributed by atoms with van der Waals surface area (Å²) in [5, 5.41) is 0. The van der Waals surface area contributed by atoms with Gasteiger partial charge in [-0.25, -0.2) is 0 Å². The van der Waals surface area contributed by atoms with E-state index in [-0.39, 0.29) is 0 Å². The highest BCUT2D eigenvalue weighted by Crippen LogP contribution is 2.22. The molecular formula is C28H48N2. The van der Waals surface area contributed by atoms with Crippen molar-refractivity contribution in [1.29, 1.82) is 0 Å². The average Bonchev–Trinajstić information content (AvgIpc) is 3.14. The van der Waals surface area contributed by atoms with Gasteiger partial charge in [0.1, 0.15) is 6.17 Å². The molecule has 170 valence electrons. The fourth-order valence-electron chi connectivity index (χ4n) is 4.57. The van der Waals surface area contributed by atoms with Gasteiger partial charge in [-0.1, -0.05) is 121 Å². The zero-order valence-electron chi connectivity index (χ0n) is 20.0. The molecule has 1 unspecified atom stereocenters. The molecule has 30 heavy (non-hydrogen) atoms. The highest BCUT2D eigenvalue weighted by atomic mass is 15.4. The summed E-state index contributed by atoms with van der Waals surface area (Å²) in [7, 11) is 0. The lowest BCUT2D eigenvalue weighted by atomic mass is 10.1. The Morgan fingerprint density at radius 1 is 0.567 bits per heavy atom. The van der Waals surface area contributed by atoms with Crippen molar-refractivity contribution in [2.75, 3.05) is 13.1 Å². The lowest BCUT2D eigenvalue weighted by Crippen LogP contribution is -2.41. The monoisotopic (exact) mass is 412 g/mol. The summed E-state index contributed by atoms with van der Waals surface area (Å²) in [5.74, 6) is 0. The number of hydrogen-bond acceptors (Lipinski definition) is 2. The van der Waals surface area contributed by atoms with E-state index < -0.39 is 0 Å². The van der Waals surface area contributed by atoms with Crippen LogP contribution in [0.25, 0.3) is 0 Å². The standard InChI is InChI=1S/C28H48N2/c1-3-5-7-9-10-11-12-13-14-19-23-30-25-24-29(22-18-8-6-4-2)28(30)26-27-20-16-15-17-21-27/h15-17,20-21,24-25,28H,3-14,18-19,22-23,26H2,1-2H3. The lowest BCUT2D eigenvalue weighted by Gasteiger charge is -2.33. The van der Waals surface area contributed by atoms with E-state index in [0.29, 0.717) is 6.17 Å². The molecule has 1 aliphatic heterocycles. The molecule has 0 bridgehead atoms. The Labute approximate surface area is 187 Å². The van der Waals surface area contributed by atoms with Gasteiger partial charge >= 0.3 is 0 Å². The van der Waals surface area contributed by atoms with Crippen LogP contribution < -0.4 is 0 Å². The van der Waals surface area contributed by atoms with Crippen LogP contribution in [0.15, 0.2) is 42.7 Å². The number of rotatable bonds is 18. The van der Waals surface area contributed by atoms with Crippen LogP contribution in [0, 0.1) is 0 Å². The van der Waals surface area contributed by atoms with Crippen LogP contribution in [-0.4, -0.2) is 29.1 Å². The Morgan fingerprint density at radius 3 is 1.50 bits per heavy atom. The van der Waals surface area contributed by atoms with Crippen molar-refractivity contribution >= 4 is 0 Å². The zero-order valence-corrected chi connectivity index (χ0v) is 20.0. The van der Waals surface area contributed by atoms with Crippen molar-refractivity contribution in [3.63, 3.8) is 0 Å². The van der Waals surface area contributed by atoms with Crippen LogP contribution in [-0.2, 0) is 6.42 Å². The zero-order chi connectivity index (χ0) is 21.3. The van der Waals surface area contributed by atoms with Crippen LogP contribution in [0.5, 0.6) is 0 Å². The number of hydrogen-bond donors (Lipinski definition) is 0. The smallest absolute Gasteiger partial charge is 0.105 e. The molecule has 0 fully saturated rings. The van der Waals surface area contributed by atoms with E-state index in [4.69, 9.17) is 0 Å². The molecule has 1 aliphatic rings. The summed E-state index contributed by atoms with van der Waals surface area (Å²) >= 11 is 0. The van der Waals surface area contributed by atoms with E-state index in [1.54, 1.807) is 0 Å². The van der Waals surface area contributed by atoms with Gasteiger partial charge in [0.2, 0.25) is 0 Å². The second kappa shape index (κ2) is 16.3. The number of nitrogens with zero attached hydrogens (tertiary/aromatic N) is 2. The summed E-state index contributed by atoms with van der Waals surface area (Å²) in [6.07, 6.45) is 25.8. The third-order valence-electron chi connectivity index (χ3n) is 6.52. The SMILES string of the molecule is CCCCCCCCCCCCN1C=CN(CCCCCC)C1Cc1ccccc1. The number of unbranched alkanes of at least 4 members (excludes halogenated alkanes) is 12. The Bertz CT molecular complexity index is 539. The normalized spacial score (nSPS) is 16.0. The van der Waals surface area contributed by atoms with Gasteiger partial charge in [0, 0.05) is 31.9 Å². The summed E-state index contributed by atoms with van der Waals surface area (Å²) in [6, 6.07) is 11.0. The second-order valence-electron chi connectivity index (χ2n) is 9.19. The molecule has 0 saturated heterocycles. The Morgan fingerprint density at radius 2 is 1.00 bits per heavy atom. The molecule has 0 aliphatic carbocycles. The van der Waals surface area contributed by atoms with E-state index in [9.17, 15) is 0 Å². The first kappa shape index (κ1) is 24.8. The Balaban J connectivity index is 1.68. The molecule has 0 spiro atoms. The predicted molar refractivity (Wildman–Crippen MR) is 132 cm³/mol. The van der Waals surface area contributed by atoms with Gasteiger partial charge in [0.25, 0.3) is 0 Å². The number of benzene rings is 1. The van der Waals surface area contributed by atoms with Crippen molar-refractivity contribution in [1.82, 2.24) is 9.80 Å². The molecule has 0 saturated carbocycles. The van der Waals surface area contributed by atoms with Gasteiger partial charge in [-0.3, -0.25) is 0 Å². The molecule has 2 rings (SSSR count). The predicted octanol–water partition coefficient (Wildman–Crippen LogP) is 8.15. The maximum Gasteiger partial charge on any atom is 0.105 e. The molecule has 1 atom stereocenters. The van der Waals surface area contributed by atoms with Gasteiger partial charge in [0.05, 0.1) is 0 Å². The highest BCUT2D eigenvalue weighted by molar-refractivity contribution is 5.17. The molecule has 0 radical (unpaired) electrons. The van der Waals surface area contributed by atoms with Crippen LogP contribution in [0.2, 0.25) is 0 Å².